The van der Waals surface area contributed by atoms with Gasteiger partial charge >= 0.3 is 0 Å². The van der Waals surface area contributed by atoms with Crippen LogP contribution in [0.25, 0.3) is 0 Å². The molecule has 2 rings (SSSR count). The lowest BCUT2D eigenvalue weighted by Gasteiger charge is -2.12. The molecule has 0 aromatic heterocycles. The Morgan fingerprint density at radius 2 is 1.94 bits per heavy atom. The van der Waals surface area contributed by atoms with E-state index in [1.54, 1.807) is 11.8 Å². The number of thioether (sulfide) groups is 1. The van der Waals surface area contributed by atoms with Crippen molar-refractivity contribution in [3.05, 3.63) is 52.5 Å². The van der Waals surface area contributed by atoms with E-state index in [0.717, 1.165) is 26.4 Å². The summed E-state index contributed by atoms with van der Waals surface area (Å²) in [5.74, 6) is 1.67. The van der Waals surface area contributed by atoms with Gasteiger partial charge in [-0.2, -0.15) is 0 Å². The normalized spacial score (nSPS) is 10.4. The van der Waals surface area contributed by atoms with E-state index < -0.39 is 0 Å². The Balaban J connectivity index is 2.33. The van der Waals surface area contributed by atoms with Crippen LogP contribution in [0.3, 0.4) is 0 Å². The van der Waals surface area contributed by atoms with Crippen molar-refractivity contribution < 1.29 is 4.74 Å². The number of para-hydroxylation sites is 1. The van der Waals surface area contributed by atoms with Crippen LogP contribution >= 0.6 is 27.7 Å². The number of benzene rings is 2. The van der Waals surface area contributed by atoms with Crippen molar-refractivity contribution in [2.24, 2.45) is 5.73 Å². The zero-order valence-electron chi connectivity index (χ0n) is 10.0. The largest absolute Gasteiger partial charge is 0.456 e. The van der Waals surface area contributed by atoms with Gasteiger partial charge in [0.25, 0.3) is 0 Å². The molecule has 0 atom stereocenters. The number of hydrogen-bond donors (Lipinski definition) is 1. The standard InChI is InChI=1S/C14H14BrNOS/c1-18-14-5-3-2-4-13(14)17-12-7-6-11(15)8-10(12)9-16/h2-8H,9,16H2,1H3. The lowest BCUT2D eigenvalue weighted by Crippen LogP contribution is -1.99. The molecule has 2 N–H and O–H groups in total. The topological polar surface area (TPSA) is 35.2 Å². The first kappa shape index (κ1) is 13.5. The Kier molecular flexibility index (Phi) is 4.69. The van der Waals surface area contributed by atoms with E-state index in [1.165, 1.54) is 0 Å². The van der Waals surface area contributed by atoms with E-state index in [-0.39, 0.29) is 0 Å². The van der Waals surface area contributed by atoms with E-state index in [1.807, 2.05) is 48.7 Å². The molecular weight excluding hydrogens is 310 g/mol. The van der Waals surface area contributed by atoms with Gasteiger partial charge in [0.05, 0.1) is 0 Å². The molecule has 0 fully saturated rings. The summed E-state index contributed by atoms with van der Waals surface area (Å²) >= 11 is 5.10. The molecule has 0 saturated heterocycles. The van der Waals surface area contributed by atoms with Gasteiger partial charge in [0, 0.05) is 21.5 Å². The summed E-state index contributed by atoms with van der Waals surface area (Å²) in [6, 6.07) is 13.9. The van der Waals surface area contributed by atoms with Crippen LogP contribution in [0.1, 0.15) is 5.56 Å². The van der Waals surface area contributed by atoms with Crippen molar-refractivity contribution in [2.45, 2.75) is 11.4 Å². The van der Waals surface area contributed by atoms with Gasteiger partial charge in [0.1, 0.15) is 11.5 Å². The highest BCUT2D eigenvalue weighted by Gasteiger charge is 2.07. The van der Waals surface area contributed by atoms with E-state index in [0.29, 0.717) is 6.54 Å². The van der Waals surface area contributed by atoms with Crippen molar-refractivity contribution in [3.8, 4) is 11.5 Å². The van der Waals surface area contributed by atoms with E-state index in [9.17, 15) is 0 Å². The third kappa shape index (κ3) is 3.07. The highest BCUT2D eigenvalue weighted by Crippen LogP contribution is 2.33. The molecule has 2 aromatic carbocycles. The zero-order chi connectivity index (χ0) is 13.0. The van der Waals surface area contributed by atoms with Gasteiger partial charge < -0.3 is 10.5 Å². The Bertz CT molecular complexity index is 545. The highest BCUT2D eigenvalue weighted by molar-refractivity contribution is 9.10. The maximum absolute atomic E-state index is 5.96. The fourth-order valence-electron chi connectivity index (χ4n) is 1.63. The SMILES string of the molecule is CSc1ccccc1Oc1ccc(Br)cc1CN. The van der Waals surface area contributed by atoms with Gasteiger partial charge in [0.15, 0.2) is 0 Å². The van der Waals surface area contributed by atoms with Crippen LogP contribution in [0.5, 0.6) is 11.5 Å². The van der Waals surface area contributed by atoms with Gasteiger partial charge in [-0.1, -0.05) is 28.1 Å². The third-order valence-electron chi connectivity index (χ3n) is 2.53. The van der Waals surface area contributed by atoms with Gasteiger partial charge in [0.2, 0.25) is 0 Å². The second-order valence-corrected chi connectivity index (χ2v) is 5.47. The molecule has 2 aromatic rings. The first-order chi connectivity index (χ1) is 8.74. The maximum atomic E-state index is 5.96. The van der Waals surface area contributed by atoms with E-state index in [4.69, 9.17) is 10.5 Å². The molecule has 94 valence electrons. The molecule has 0 amide bonds. The first-order valence-corrected chi connectivity index (χ1v) is 7.55. The molecule has 2 nitrogen and oxygen atoms in total. The smallest absolute Gasteiger partial charge is 0.140 e. The number of nitrogens with two attached hydrogens (primary N) is 1. The van der Waals surface area contributed by atoms with Crippen molar-refractivity contribution in [1.82, 2.24) is 0 Å². The van der Waals surface area contributed by atoms with Crippen LogP contribution in [-0.2, 0) is 6.54 Å². The molecule has 0 aliphatic rings. The number of rotatable bonds is 4. The van der Waals surface area contributed by atoms with Crippen LogP contribution in [0.15, 0.2) is 51.8 Å². The predicted molar refractivity (Wildman–Crippen MR) is 80.3 cm³/mol. The highest BCUT2D eigenvalue weighted by atomic mass is 79.9. The molecule has 0 unspecified atom stereocenters. The molecule has 4 heteroatoms. The Hall–Kier alpha value is -0.970. The molecule has 0 spiro atoms. The second-order valence-electron chi connectivity index (χ2n) is 3.71. The van der Waals surface area contributed by atoms with Gasteiger partial charge in [-0.05, 0) is 36.6 Å². The van der Waals surface area contributed by atoms with Crippen molar-refractivity contribution >= 4 is 27.7 Å². The summed E-state index contributed by atoms with van der Waals surface area (Å²) in [5, 5.41) is 0. The van der Waals surface area contributed by atoms with Gasteiger partial charge in [-0.15, -0.1) is 11.8 Å². The summed E-state index contributed by atoms with van der Waals surface area (Å²) in [7, 11) is 0. The summed E-state index contributed by atoms with van der Waals surface area (Å²) in [6.45, 7) is 0.455. The van der Waals surface area contributed by atoms with Crippen LogP contribution in [0.4, 0.5) is 0 Å². The Morgan fingerprint density at radius 3 is 2.67 bits per heavy atom. The summed E-state index contributed by atoms with van der Waals surface area (Å²) in [5.41, 5.74) is 6.72. The number of ether oxygens (including phenoxy) is 1. The van der Waals surface area contributed by atoms with Crippen molar-refractivity contribution in [2.75, 3.05) is 6.26 Å². The fraction of sp³-hybridized carbons (Fsp3) is 0.143. The minimum absolute atomic E-state index is 0.455. The van der Waals surface area contributed by atoms with E-state index >= 15 is 0 Å². The Labute approximate surface area is 120 Å². The maximum Gasteiger partial charge on any atom is 0.140 e. The average Bonchev–Trinajstić information content (AvgIpc) is 2.41. The number of halogens is 1. The lowest BCUT2D eigenvalue weighted by atomic mass is 10.2. The molecule has 0 heterocycles. The monoisotopic (exact) mass is 323 g/mol. The molecule has 0 saturated carbocycles. The van der Waals surface area contributed by atoms with Gasteiger partial charge in [-0.3, -0.25) is 0 Å². The molecule has 18 heavy (non-hydrogen) atoms. The number of hydrogen-bond acceptors (Lipinski definition) is 3. The minimum Gasteiger partial charge on any atom is -0.456 e. The molecule has 0 bridgehead atoms. The second kappa shape index (κ2) is 6.27. The lowest BCUT2D eigenvalue weighted by molar-refractivity contribution is 0.465. The molecule has 0 aliphatic carbocycles. The molecular formula is C14H14BrNOS. The average molecular weight is 324 g/mol. The van der Waals surface area contributed by atoms with Crippen molar-refractivity contribution in [3.63, 3.8) is 0 Å². The first-order valence-electron chi connectivity index (χ1n) is 5.54. The van der Waals surface area contributed by atoms with E-state index in [2.05, 4.69) is 15.9 Å². The summed E-state index contributed by atoms with van der Waals surface area (Å²) in [4.78, 5) is 1.11. The molecule has 0 radical (unpaired) electrons. The predicted octanol–water partition coefficient (Wildman–Crippen LogP) is 4.42. The van der Waals surface area contributed by atoms with Crippen LogP contribution in [0, 0.1) is 0 Å². The van der Waals surface area contributed by atoms with Crippen LogP contribution in [0.2, 0.25) is 0 Å². The minimum atomic E-state index is 0.455. The Morgan fingerprint density at radius 1 is 1.17 bits per heavy atom. The fourth-order valence-corrected chi connectivity index (χ4v) is 2.56. The van der Waals surface area contributed by atoms with Crippen LogP contribution < -0.4 is 10.5 Å². The zero-order valence-corrected chi connectivity index (χ0v) is 12.4. The summed E-state index contributed by atoms with van der Waals surface area (Å²) in [6.07, 6.45) is 2.04. The quantitative estimate of drug-likeness (QED) is 0.846. The van der Waals surface area contributed by atoms with Crippen LogP contribution in [-0.4, -0.2) is 6.26 Å². The molecule has 0 aliphatic heterocycles. The van der Waals surface area contributed by atoms with Gasteiger partial charge in [-0.25, -0.2) is 0 Å². The summed E-state index contributed by atoms with van der Waals surface area (Å²) < 4.78 is 6.96. The van der Waals surface area contributed by atoms with Crippen molar-refractivity contribution in [1.29, 1.82) is 0 Å². The third-order valence-corrected chi connectivity index (χ3v) is 3.80.